The maximum atomic E-state index is 13.2. The van der Waals surface area contributed by atoms with Crippen LogP contribution in [0.4, 0.5) is 0 Å². The van der Waals surface area contributed by atoms with Crippen molar-refractivity contribution < 1.29 is 13.9 Å². The number of amides is 1. The van der Waals surface area contributed by atoms with Crippen LogP contribution in [0.15, 0.2) is 58.5 Å². The van der Waals surface area contributed by atoms with Crippen LogP contribution in [-0.2, 0) is 0 Å². The van der Waals surface area contributed by atoms with Crippen molar-refractivity contribution in [3.8, 4) is 33.6 Å². The van der Waals surface area contributed by atoms with Crippen molar-refractivity contribution in [3.05, 3.63) is 65.4 Å². The maximum absolute atomic E-state index is 13.2. The number of thiazole rings is 1. The molecule has 1 fully saturated rings. The van der Waals surface area contributed by atoms with Crippen molar-refractivity contribution in [3.63, 3.8) is 0 Å². The van der Waals surface area contributed by atoms with E-state index < -0.39 is 0 Å². The first-order chi connectivity index (χ1) is 16.1. The molecule has 7 heteroatoms. The van der Waals surface area contributed by atoms with Gasteiger partial charge >= 0.3 is 0 Å². The minimum Gasteiger partial charge on any atom is -0.497 e. The van der Waals surface area contributed by atoms with E-state index in [0.717, 1.165) is 46.2 Å². The van der Waals surface area contributed by atoms with Crippen LogP contribution >= 0.6 is 11.3 Å². The van der Waals surface area contributed by atoms with Crippen molar-refractivity contribution in [2.24, 2.45) is 0 Å². The van der Waals surface area contributed by atoms with E-state index in [4.69, 9.17) is 14.1 Å². The second-order valence-corrected chi connectivity index (χ2v) is 9.25. The lowest BCUT2D eigenvalue weighted by molar-refractivity contribution is 0.0927. The van der Waals surface area contributed by atoms with Gasteiger partial charge in [-0.2, -0.15) is 0 Å². The van der Waals surface area contributed by atoms with Crippen molar-refractivity contribution in [2.45, 2.75) is 45.1 Å². The first-order valence-corrected chi connectivity index (χ1v) is 12.2. The van der Waals surface area contributed by atoms with Gasteiger partial charge < -0.3 is 14.5 Å². The van der Waals surface area contributed by atoms with Gasteiger partial charge in [-0.15, -0.1) is 11.3 Å². The van der Waals surface area contributed by atoms with Gasteiger partial charge in [-0.1, -0.05) is 19.3 Å². The van der Waals surface area contributed by atoms with Crippen LogP contribution in [0.3, 0.4) is 0 Å². The summed E-state index contributed by atoms with van der Waals surface area (Å²) in [4.78, 5) is 18.1. The van der Waals surface area contributed by atoms with Crippen molar-refractivity contribution in [1.29, 1.82) is 0 Å². The molecule has 170 valence electrons. The molecule has 0 radical (unpaired) electrons. The smallest absolute Gasteiger partial charge is 0.253 e. The van der Waals surface area contributed by atoms with Crippen molar-refractivity contribution in [2.75, 3.05) is 7.11 Å². The lowest BCUT2D eigenvalue weighted by atomic mass is 9.95. The lowest BCUT2D eigenvalue weighted by Gasteiger charge is -2.22. The largest absolute Gasteiger partial charge is 0.497 e. The third-order valence-corrected chi connectivity index (χ3v) is 7.15. The quantitative estimate of drug-likeness (QED) is 0.369. The summed E-state index contributed by atoms with van der Waals surface area (Å²) in [5.74, 6) is 1.45. The number of nitrogens with zero attached hydrogens (tertiary/aromatic N) is 2. The van der Waals surface area contributed by atoms with Gasteiger partial charge in [0.05, 0.1) is 30.3 Å². The van der Waals surface area contributed by atoms with Crippen LogP contribution in [0.2, 0.25) is 0 Å². The summed E-state index contributed by atoms with van der Waals surface area (Å²) < 4.78 is 13.0. The van der Waals surface area contributed by atoms with Gasteiger partial charge in [-0.3, -0.25) is 9.36 Å². The van der Waals surface area contributed by atoms with Gasteiger partial charge in [-0.25, -0.2) is 4.98 Å². The van der Waals surface area contributed by atoms with E-state index in [1.165, 1.54) is 19.3 Å². The minimum absolute atomic E-state index is 0.0310. The van der Waals surface area contributed by atoms with Gasteiger partial charge in [0.25, 0.3) is 5.91 Å². The second kappa shape index (κ2) is 9.27. The lowest BCUT2D eigenvalue weighted by Crippen LogP contribution is -2.36. The van der Waals surface area contributed by atoms with Gasteiger partial charge in [0.1, 0.15) is 10.8 Å². The summed E-state index contributed by atoms with van der Waals surface area (Å²) in [6.45, 7) is 1.96. The monoisotopic (exact) mass is 461 g/mol. The van der Waals surface area contributed by atoms with Crippen LogP contribution in [0.25, 0.3) is 27.8 Å². The number of furan rings is 1. The Morgan fingerprint density at radius 2 is 1.97 bits per heavy atom. The Hall–Kier alpha value is -3.32. The Bertz CT molecular complexity index is 1230. The number of aromatic nitrogens is 2. The first-order valence-electron chi connectivity index (χ1n) is 11.3. The molecular formula is C26H27N3O3S. The van der Waals surface area contributed by atoms with E-state index >= 15 is 0 Å². The van der Waals surface area contributed by atoms with Gasteiger partial charge in [0, 0.05) is 28.7 Å². The number of ether oxygens (including phenoxy) is 1. The van der Waals surface area contributed by atoms with Crippen LogP contribution < -0.4 is 10.1 Å². The summed E-state index contributed by atoms with van der Waals surface area (Å²) in [6, 6.07) is 13.8. The normalized spacial score (nSPS) is 14.4. The number of hydrogen-bond acceptors (Lipinski definition) is 5. The number of methoxy groups -OCH3 is 1. The Morgan fingerprint density at radius 3 is 2.67 bits per heavy atom. The van der Waals surface area contributed by atoms with Gasteiger partial charge in [0.15, 0.2) is 0 Å². The van der Waals surface area contributed by atoms with E-state index in [1.807, 2.05) is 59.3 Å². The molecule has 1 aliphatic rings. The van der Waals surface area contributed by atoms with Gasteiger partial charge in [-0.05, 0) is 56.2 Å². The summed E-state index contributed by atoms with van der Waals surface area (Å²) in [6.07, 6.45) is 7.35. The van der Waals surface area contributed by atoms with Crippen LogP contribution in [0.5, 0.6) is 5.75 Å². The minimum atomic E-state index is -0.0310. The second-order valence-electron chi connectivity index (χ2n) is 8.39. The van der Waals surface area contributed by atoms with E-state index in [2.05, 4.69) is 5.32 Å². The molecule has 0 unspecified atom stereocenters. The number of nitrogens with one attached hydrogen (secondary N) is 1. The summed E-state index contributed by atoms with van der Waals surface area (Å²) in [5, 5.41) is 6.18. The zero-order chi connectivity index (χ0) is 22.8. The number of carbonyl (C=O) groups is 1. The van der Waals surface area contributed by atoms with Crippen LogP contribution in [-0.4, -0.2) is 28.6 Å². The zero-order valence-electron chi connectivity index (χ0n) is 18.8. The average Bonchev–Trinajstić information content (AvgIpc) is 3.60. The molecule has 0 aliphatic heterocycles. The Kier molecular flexibility index (Phi) is 6.05. The highest BCUT2D eigenvalue weighted by atomic mass is 32.1. The predicted octanol–water partition coefficient (Wildman–Crippen LogP) is 6.24. The summed E-state index contributed by atoms with van der Waals surface area (Å²) in [5.41, 5.74) is 4.17. The molecule has 1 aliphatic carbocycles. The molecule has 0 atom stereocenters. The molecule has 1 N–H and O–H groups in total. The van der Waals surface area contributed by atoms with Crippen molar-refractivity contribution in [1.82, 2.24) is 14.9 Å². The third kappa shape index (κ3) is 4.33. The molecule has 6 nitrogen and oxygen atoms in total. The SMILES string of the molecule is COc1ccc(-c2nc(-c3cc(C(=O)NC4CCCCC4)c(C)n3-c3ccco3)cs2)cc1. The molecule has 4 aromatic rings. The maximum Gasteiger partial charge on any atom is 0.253 e. The van der Waals surface area contributed by atoms with E-state index in [0.29, 0.717) is 11.4 Å². The standard InChI is InChI=1S/C26H27N3O3S/c1-17-21(25(30)27-19-7-4-3-5-8-19)15-23(29(17)24-9-6-14-32-24)22-16-33-26(28-22)18-10-12-20(31-2)13-11-18/h6,9-16,19H,3-5,7-8H2,1-2H3,(H,27,30). The molecule has 33 heavy (non-hydrogen) atoms. The Labute approximate surface area is 197 Å². The Morgan fingerprint density at radius 1 is 1.18 bits per heavy atom. The highest BCUT2D eigenvalue weighted by Crippen LogP contribution is 2.34. The highest BCUT2D eigenvalue weighted by molar-refractivity contribution is 7.13. The molecule has 1 amide bonds. The molecule has 3 aromatic heterocycles. The highest BCUT2D eigenvalue weighted by Gasteiger charge is 2.24. The Balaban J connectivity index is 1.51. The number of rotatable bonds is 6. The molecule has 3 heterocycles. The first kappa shape index (κ1) is 21.5. The topological polar surface area (TPSA) is 69.3 Å². The fourth-order valence-corrected chi connectivity index (χ4v) is 5.29. The fourth-order valence-electron chi connectivity index (χ4n) is 4.47. The number of benzene rings is 1. The predicted molar refractivity (Wildman–Crippen MR) is 130 cm³/mol. The van der Waals surface area contributed by atoms with Crippen LogP contribution in [0.1, 0.15) is 48.2 Å². The average molecular weight is 462 g/mol. The molecule has 5 rings (SSSR count). The van der Waals surface area contributed by atoms with E-state index in [9.17, 15) is 4.79 Å². The summed E-state index contributed by atoms with van der Waals surface area (Å²) >= 11 is 1.57. The van der Waals surface area contributed by atoms with E-state index in [1.54, 1.807) is 24.7 Å². The molecule has 1 aromatic carbocycles. The fraction of sp³-hybridized carbons (Fsp3) is 0.308. The molecule has 1 saturated carbocycles. The zero-order valence-corrected chi connectivity index (χ0v) is 19.7. The van der Waals surface area contributed by atoms with E-state index in [-0.39, 0.29) is 11.9 Å². The molecular weight excluding hydrogens is 434 g/mol. The molecule has 0 spiro atoms. The third-order valence-electron chi connectivity index (χ3n) is 6.26. The van der Waals surface area contributed by atoms with Crippen molar-refractivity contribution >= 4 is 17.2 Å². The van der Waals surface area contributed by atoms with Crippen LogP contribution in [0, 0.1) is 6.92 Å². The number of carbonyl (C=O) groups excluding carboxylic acids is 1. The number of hydrogen-bond donors (Lipinski definition) is 1. The molecule has 0 saturated heterocycles. The summed E-state index contributed by atoms with van der Waals surface area (Å²) in [7, 11) is 1.66. The molecule has 0 bridgehead atoms. The van der Waals surface area contributed by atoms with Gasteiger partial charge in [0.2, 0.25) is 5.88 Å².